The summed E-state index contributed by atoms with van der Waals surface area (Å²) < 4.78 is 33.5. The fourth-order valence-electron chi connectivity index (χ4n) is 2.79. The molecule has 5 nitrogen and oxygen atoms in total. The molecule has 0 saturated carbocycles. The monoisotopic (exact) mass is 365 g/mol. The summed E-state index contributed by atoms with van der Waals surface area (Å²) in [5.41, 5.74) is 1.14. The summed E-state index contributed by atoms with van der Waals surface area (Å²) >= 11 is 0. The first-order chi connectivity index (χ1) is 13.1. The lowest BCUT2D eigenvalue weighted by molar-refractivity contribution is 0.415. The Kier molecular flexibility index (Phi) is 4.12. The summed E-state index contributed by atoms with van der Waals surface area (Å²) in [6, 6.07) is 13.6. The summed E-state index contributed by atoms with van der Waals surface area (Å²) in [6.07, 6.45) is 1.20. The van der Waals surface area contributed by atoms with Gasteiger partial charge in [-0.05, 0) is 36.4 Å². The summed E-state index contributed by atoms with van der Waals surface area (Å²) in [6.45, 7) is 0. The van der Waals surface area contributed by atoms with Gasteiger partial charge in [-0.3, -0.25) is 9.36 Å². The van der Waals surface area contributed by atoms with Crippen molar-refractivity contribution in [2.24, 2.45) is 0 Å². The molecule has 0 saturated heterocycles. The van der Waals surface area contributed by atoms with Crippen LogP contribution in [0.3, 0.4) is 0 Å². The first kappa shape index (κ1) is 16.8. The van der Waals surface area contributed by atoms with Crippen LogP contribution in [0.25, 0.3) is 28.0 Å². The van der Waals surface area contributed by atoms with Crippen LogP contribution in [0.15, 0.2) is 65.7 Å². The fourth-order valence-corrected chi connectivity index (χ4v) is 2.79. The maximum atomic E-state index is 14.1. The number of aromatic nitrogens is 3. The van der Waals surface area contributed by atoms with Gasteiger partial charge in [0.15, 0.2) is 5.52 Å². The normalized spacial score (nSPS) is 10.9. The smallest absolute Gasteiger partial charge is 0.284 e. The van der Waals surface area contributed by atoms with Gasteiger partial charge in [0.25, 0.3) is 5.56 Å². The Morgan fingerprint density at radius 2 is 1.89 bits per heavy atom. The molecule has 0 fully saturated rings. The number of pyridine rings is 1. The van der Waals surface area contributed by atoms with Crippen LogP contribution in [0.5, 0.6) is 5.75 Å². The maximum Gasteiger partial charge on any atom is 0.284 e. The second kappa shape index (κ2) is 6.60. The van der Waals surface area contributed by atoms with Gasteiger partial charge in [0.05, 0.1) is 24.0 Å². The minimum Gasteiger partial charge on any atom is -0.497 e. The van der Waals surface area contributed by atoms with Gasteiger partial charge in [0, 0.05) is 11.6 Å². The van der Waals surface area contributed by atoms with Gasteiger partial charge in [0.1, 0.15) is 23.7 Å². The molecule has 0 N–H and O–H groups in total. The van der Waals surface area contributed by atoms with Crippen LogP contribution >= 0.6 is 0 Å². The van der Waals surface area contributed by atoms with E-state index < -0.39 is 17.2 Å². The molecule has 2 heterocycles. The predicted octanol–water partition coefficient (Wildman–Crippen LogP) is 3.73. The first-order valence-electron chi connectivity index (χ1n) is 8.05. The van der Waals surface area contributed by atoms with Crippen LogP contribution in [0, 0.1) is 11.6 Å². The van der Waals surface area contributed by atoms with E-state index >= 15 is 0 Å². The van der Waals surface area contributed by atoms with E-state index in [4.69, 9.17) is 4.74 Å². The molecule has 0 aliphatic heterocycles. The summed E-state index contributed by atoms with van der Waals surface area (Å²) in [7, 11) is 1.56. The van der Waals surface area contributed by atoms with Gasteiger partial charge >= 0.3 is 0 Å². The Morgan fingerprint density at radius 3 is 2.67 bits per heavy atom. The number of ether oxygens (including phenoxy) is 1. The zero-order valence-corrected chi connectivity index (χ0v) is 14.2. The van der Waals surface area contributed by atoms with Crippen molar-refractivity contribution in [3.8, 4) is 22.7 Å². The van der Waals surface area contributed by atoms with E-state index in [-0.39, 0.29) is 11.2 Å². The number of halogens is 2. The molecule has 0 radical (unpaired) electrons. The highest BCUT2D eigenvalue weighted by molar-refractivity contribution is 5.77. The number of methoxy groups -OCH3 is 1. The number of rotatable bonds is 3. The van der Waals surface area contributed by atoms with E-state index in [1.165, 1.54) is 12.4 Å². The third-order valence-electron chi connectivity index (χ3n) is 4.14. The number of nitrogens with zero attached hydrogens (tertiary/aromatic N) is 3. The van der Waals surface area contributed by atoms with Crippen molar-refractivity contribution < 1.29 is 13.5 Å². The topological polar surface area (TPSA) is 57.0 Å². The molecule has 134 valence electrons. The van der Waals surface area contributed by atoms with Crippen LogP contribution in [0.4, 0.5) is 8.78 Å². The zero-order valence-electron chi connectivity index (χ0n) is 14.2. The van der Waals surface area contributed by atoms with Crippen LogP contribution < -0.4 is 10.3 Å². The Hall–Kier alpha value is -3.61. The lowest BCUT2D eigenvalue weighted by atomic mass is 10.1. The Bertz CT molecular complexity index is 1220. The van der Waals surface area contributed by atoms with E-state index in [0.717, 1.165) is 16.2 Å². The van der Waals surface area contributed by atoms with Gasteiger partial charge in [-0.2, -0.15) is 0 Å². The molecule has 0 bridgehead atoms. The van der Waals surface area contributed by atoms with Gasteiger partial charge in [-0.25, -0.2) is 18.7 Å². The number of hydrogen-bond acceptors (Lipinski definition) is 4. The van der Waals surface area contributed by atoms with E-state index in [0.29, 0.717) is 23.0 Å². The molecular weight excluding hydrogens is 352 g/mol. The van der Waals surface area contributed by atoms with Crippen LogP contribution in [0.2, 0.25) is 0 Å². The molecule has 27 heavy (non-hydrogen) atoms. The van der Waals surface area contributed by atoms with E-state index in [9.17, 15) is 13.6 Å². The molecule has 0 aliphatic carbocycles. The molecular formula is C20H13F2N3O2. The Balaban J connectivity index is 1.90. The number of fused-ring (bicyclic) bond motifs is 1. The van der Waals surface area contributed by atoms with Gasteiger partial charge in [0.2, 0.25) is 0 Å². The Labute approximate surface area is 152 Å². The quantitative estimate of drug-likeness (QED) is 0.555. The number of hydrogen-bond donors (Lipinski definition) is 0. The van der Waals surface area contributed by atoms with Crippen LogP contribution in [-0.2, 0) is 0 Å². The van der Waals surface area contributed by atoms with Crippen molar-refractivity contribution in [3.63, 3.8) is 0 Å². The lowest BCUT2D eigenvalue weighted by Gasteiger charge is -2.09. The van der Waals surface area contributed by atoms with E-state index in [1.807, 2.05) is 12.1 Å². The van der Waals surface area contributed by atoms with Crippen molar-refractivity contribution in [1.82, 2.24) is 14.5 Å². The van der Waals surface area contributed by atoms with Crippen LogP contribution in [0.1, 0.15) is 0 Å². The molecule has 4 rings (SSSR count). The van der Waals surface area contributed by atoms with Crippen molar-refractivity contribution in [2.75, 3.05) is 7.11 Å². The number of benzene rings is 2. The molecule has 7 heteroatoms. The van der Waals surface area contributed by atoms with Gasteiger partial charge < -0.3 is 4.74 Å². The molecule has 0 unspecified atom stereocenters. The summed E-state index contributed by atoms with van der Waals surface area (Å²) in [5, 5.41) is 0. The Morgan fingerprint density at radius 1 is 1.04 bits per heavy atom. The largest absolute Gasteiger partial charge is 0.497 e. The van der Waals surface area contributed by atoms with E-state index in [1.54, 1.807) is 31.4 Å². The molecule has 0 aliphatic rings. The third-order valence-corrected chi connectivity index (χ3v) is 4.14. The maximum absolute atomic E-state index is 14.1. The summed E-state index contributed by atoms with van der Waals surface area (Å²) in [4.78, 5) is 21.4. The molecule has 0 amide bonds. The lowest BCUT2D eigenvalue weighted by Crippen LogP contribution is -2.21. The van der Waals surface area contributed by atoms with Gasteiger partial charge in [-0.15, -0.1) is 0 Å². The zero-order chi connectivity index (χ0) is 19.0. The van der Waals surface area contributed by atoms with Crippen molar-refractivity contribution in [3.05, 3.63) is 82.9 Å². The molecule has 4 aromatic rings. The predicted molar refractivity (Wildman–Crippen MR) is 97.0 cm³/mol. The van der Waals surface area contributed by atoms with Gasteiger partial charge in [-0.1, -0.05) is 12.1 Å². The van der Waals surface area contributed by atoms with Crippen molar-refractivity contribution in [2.45, 2.75) is 0 Å². The minimum atomic E-state index is -0.859. The standard InChI is InChI=1S/C20H13F2N3O2/c1-27-14-4-2-3-12(9-14)16-6-7-17-19(24-16)20(26)25(11-23-17)18-8-5-13(21)10-15(18)22/h2-11H,1H3. The second-order valence-electron chi connectivity index (χ2n) is 5.81. The third kappa shape index (κ3) is 3.03. The molecule has 0 spiro atoms. The van der Waals surface area contributed by atoms with Crippen molar-refractivity contribution in [1.29, 1.82) is 0 Å². The average molecular weight is 365 g/mol. The molecule has 2 aromatic carbocycles. The highest BCUT2D eigenvalue weighted by atomic mass is 19.1. The molecule has 2 aromatic heterocycles. The van der Waals surface area contributed by atoms with Crippen molar-refractivity contribution >= 4 is 11.0 Å². The highest BCUT2D eigenvalue weighted by Crippen LogP contribution is 2.23. The highest BCUT2D eigenvalue weighted by Gasteiger charge is 2.13. The first-order valence-corrected chi connectivity index (χ1v) is 8.05. The fraction of sp³-hybridized carbons (Fsp3) is 0.0500. The SMILES string of the molecule is COc1cccc(-c2ccc3ncn(-c4ccc(F)cc4F)c(=O)c3n2)c1. The molecule has 0 atom stereocenters. The van der Waals surface area contributed by atoms with Crippen LogP contribution in [-0.4, -0.2) is 21.6 Å². The average Bonchev–Trinajstić information content (AvgIpc) is 2.69. The second-order valence-corrected chi connectivity index (χ2v) is 5.81. The van der Waals surface area contributed by atoms with E-state index in [2.05, 4.69) is 9.97 Å². The minimum absolute atomic E-state index is 0.0848. The summed E-state index contributed by atoms with van der Waals surface area (Å²) in [5.74, 6) is -0.926.